The van der Waals surface area contributed by atoms with E-state index in [1.807, 2.05) is 18.4 Å². The van der Waals surface area contributed by atoms with Crippen LogP contribution in [0.1, 0.15) is 23.2 Å². The van der Waals surface area contributed by atoms with Gasteiger partial charge < -0.3 is 4.90 Å². The molecule has 1 aromatic carbocycles. The lowest BCUT2D eigenvalue weighted by Gasteiger charge is -2.31. The van der Waals surface area contributed by atoms with E-state index in [0.29, 0.717) is 24.9 Å². The summed E-state index contributed by atoms with van der Waals surface area (Å²) in [6.45, 7) is 0.761. The second kappa shape index (κ2) is 6.15. The van der Waals surface area contributed by atoms with Gasteiger partial charge in [-0.3, -0.25) is 4.79 Å². The van der Waals surface area contributed by atoms with Gasteiger partial charge in [0, 0.05) is 23.5 Å². The first-order valence-electron chi connectivity index (χ1n) is 6.37. The zero-order valence-corrected chi connectivity index (χ0v) is 12.9. The lowest BCUT2D eigenvalue weighted by Crippen LogP contribution is -2.47. The van der Waals surface area contributed by atoms with Crippen LogP contribution in [-0.4, -0.2) is 43.8 Å². The van der Waals surface area contributed by atoms with Crippen LogP contribution >= 0.6 is 11.8 Å². The maximum atomic E-state index is 12.4. The Morgan fingerprint density at radius 2 is 2.00 bits per heavy atom. The van der Waals surface area contributed by atoms with E-state index in [0.717, 1.165) is 4.90 Å². The zero-order valence-electron chi connectivity index (χ0n) is 11.3. The molecule has 2 rings (SSSR count). The molecule has 1 saturated heterocycles. The Bertz CT molecular complexity index is 584. The third-order valence-electron chi connectivity index (χ3n) is 3.47. The molecular formula is C13H18N2O3S2. The van der Waals surface area contributed by atoms with Crippen molar-refractivity contribution in [3.63, 3.8) is 0 Å². The van der Waals surface area contributed by atoms with Gasteiger partial charge in [0.25, 0.3) is 5.91 Å². The summed E-state index contributed by atoms with van der Waals surface area (Å²) in [5.41, 5.74) is 0.581. The second-order valence-electron chi connectivity index (χ2n) is 4.83. The molecule has 0 saturated carbocycles. The number of amides is 1. The van der Waals surface area contributed by atoms with Crippen molar-refractivity contribution in [1.29, 1.82) is 0 Å². The average molecular weight is 314 g/mol. The van der Waals surface area contributed by atoms with Crippen LogP contribution < -0.4 is 5.14 Å². The Hall–Kier alpha value is -1.05. The standard InChI is InChI=1S/C13H18N2O3S2/c1-19-11-6-4-10(5-7-11)13(16)15-8-2-3-12(9-15)20(14,17)18/h4-7,12H,2-3,8-9H2,1H3,(H2,14,17,18). The average Bonchev–Trinajstić information content (AvgIpc) is 2.46. The van der Waals surface area contributed by atoms with E-state index >= 15 is 0 Å². The van der Waals surface area contributed by atoms with E-state index in [9.17, 15) is 13.2 Å². The van der Waals surface area contributed by atoms with Gasteiger partial charge in [-0.15, -0.1) is 11.8 Å². The van der Waals surface area contributed by atoms with E-state index in [-0.39, 0.29) is 12.5 Å². The molecule has 0 radical (unpaired) electrons. The minimum atomic E-state index is -3.58. The Kier molecular flexibility index (Phi) is 4.72. The van der Waals surface area contributed by atoms with Crippen molar-refractivity contribution in [1.82, 2.24) is 4.90 Å². The minimum Gasteiger partial charge on any atom is -0.337 e. The Balaban J connectivity index is 2.12. The van der Waals surface area contributed by atoms with Crippen molar-refractivity contribution in [2.75, 3.05) is 19.3 Å². The SMILES string of the molecule is CSc1ccc(C(=O)N2CCCC(S(N)(=O)=O)C2)cc1. The first-order valence-corrected chi connectivity index (χ1v) is 9.20. The molecule has 1 amide bonds. The molecule has 1 heterocycles. The van der Waals surface area contributed by atoms with Crippen molar-refractivity contribution in [3.05, 3.63) is 29.8 Å². The highest BCUT2D eigenvalue weighted by Gasteiger charge is 2.30. The van der Waals surface area contributed by atoms with Gasteiger partial charge in [0.05, 0.1) is 5.25 Å². The normalized spacial score (nSPS) is 19.9. The summed E-state index contributed by atoms with van der Waals surface area (Å²) < 4.78 is 22.8. The van der Waals surface area contributed by atoms with Gasteiger partial charge in [-0.05, 0) is 43.4 Å². The van der Waals surface area contributed by atoms with Gasteiger partial charge in [0.15, 0.2) is 0 Å². The molecule has 0 spiro atoms. The maximum Gasteiger partial charge on any atom is 0.253 e. The third kappa shape index (κ3) is 3.53. The number of carbonyl (C=O) groups excluding carboxylic acids is 1. The predicted molar refractivity (Wildman–Crippen MR) is 80.3 cm³/mol. The number of likely N-dealkylation sites (tertiary alicyclic amines) is 1. The molecule has 1 aromatic rings. The fraction of sp³-hybridized carbons (Fsp3) is 0.462. The van der Waals surface area contributed by atoms with Crippen LogP contribution in [0.3, 0.4) is 0 Å². The summed E-state index contributed by atoms with van der Waals surface area (Å²) in [4.78, 5) is 15.0. The molecule has 20 heavy (non-hydrogen) atoms. The third-order valence-corrected chi connectivity index (χ3v) is 5.52. The number of benzene rings is 1. The molecule has 2 N–H and O–H groups in total. The fourth-order valence-corrected chi connectivity index (χ4v) is 3.60. The predicted octanol–water partition coefficient (Wildman–Crippen LogP) is 1.30. The molecule has 1 atom stereocenters. The van der Waals surface area contributed by atoms with Crippen LogP contribution in [0.15, 0.2) is 29.2 Å². The van der Waals surface area contributed by atoms with Gasteiger partial charge in [-0.1, -0.05) is 0 Å². The van der Waals surface area contributed by atoms with E-state index in [4.69, 9.17) is 5.14 Å². The van der Waals surface area contributed by atoms with Crippen molar-refractivity contribution in [2.45, 2.75) is 23.0 Å². The molecule has 1 aliphatic rings. The van der Waals surface area contributed by atoms with Crippen molar-refractivity contribution in [2.24, 2.45) is 5.14 Å². The molecule has 1 fully saturated rings. The highest BCUT2D eigenvalue weighted by molar-refractivity contribution is 7.98. The largest absolute Gasteiger partial charge is 0.337 e. The number of carbonyl (C=O) groups is 1. The summed E-state index contributed by atoms with van der Waals surface area (Å²) in [7, 11) is -3.58. The lowest BCUT2D eigenvalue weighted by atomic mass is 10.1. The molecule has 1 unspecified atom stereocenters. The summed E-state index contributed by atoms with van der Waals surface area (Å²) in [6, 6.07) is 7.32. The highest BCUT2D eigenvalue weighted by atomic mass is 32.2. The van der Waals surface area contributed by atoms with Crippen molar-refractivity contribution < 1.29 is 13.2 Å². The van der Waals surface area contributed by atoms with Gasteiger partial charge >= 0.3 is 0 Å². The van der Waals surface area contributed by atoms with Crippen LogP contribution in [0, 0.1) is 0 Å². The quantitative estimate of drug-likeness (QED) is 0.853. The van der Waals surface area contributed by atoms with Crippen LogP contribution in [-0.2, 0) is 10.0 Å². The Labute approximate surface area is 123 Å². The second-order valence-corrected chi connectivity index (χ2v) is 7.56. The van der Waals surface area contributed by atoms with E-state index in [1.165, 1.54) is 0 Å². The smallest absolute Gasteiger partial charge is 0.253 e. The zero-order chi connectivity index (χ0) is 14.8. The number of nitrogens with two attached hydrogens (primary N) is 1. The molecule has 1 aliphatic heterocycles. The van der Waals surface area contributed by atoms with Gasteiger partial charge in [-0.25, -0.2) is 13.6 Å². The van der Waals surface area contributed by atoms with Gasteiger partial charge in [0.1, 0.15) is 0 Å². The number of nitrogens with zero attached hydrogens (tertiary/aromatic N) is 1. The van der Waals surface area contributed by atoms with Crippen LogP contribution in [0.2, 0.25) is 0 Å². The van der Waals surface area contributed by atoms with E-state index in [1.54, 1.807) is 28.8 Å². The molecule has 0 aliphatic carbocycles. The number of thioether (sulfide) groups is 1. The van der Waals surface area contributed by atoms with Gasteiger partial charge in [-0.2, -0.15) is 0 Å². The molecule has 0 bridgehead atoms. The lowest BCUT2D eigenvalue weighted by molar-refractivity contribution is 0.0727. The van der Waals surface area contributed by atoms with Crippen molar-refractivity contribution in [3.8, 4) is 0 Å². The summed E-state index contributed by atoms with van der Waals surface area (Å²) in [5.74, 6) is -0.133. The van der Waals surface area contributed by atoms with E-state index in [2.05, 4.69) is 0 Å². The Morgan fingerprint density at radius 1 is 1.35 bits per heavy atom. The summed E-state index contributed by atoms with van der Waals surface area (Å²) in [5, 5.41) is 4.53. The molecule has 110 valence electrons. The molecular weight excluding hydrogens is 296 g/mol. The monoisotopic (exact) mass is 314 g/mol. The van der Waals surface area contributed by atoms with Crippen LogP contribution in [0.25, 0.3) is 0 Å². The minimum absolute atomic E-state index is 0.133. The topological polar surface area (TPSA) is 80.5 Å². The first kappa shape index (κ1) is 15.3. The number of primary sulfonamides is 1. The van der Waals surface area contributed by atoms with Gasteiger partial charge in [0.2, 0.25) is 10.0 Å². The molecule has 7 heteroatoms. The first-order chi connectivity index (χ1) is 9.41. The summed E-state index contributed by atoms with van der Waals surface area (Å²) in [6.07, 6.45) is 3.15. The number of hydrogen-bond acceptors (Lipinski definition) is 4. The Morgan fingerprint density at radius 3 is 2.55 bits per heavy atom. The molecule has 0 aromatic heterocycles. The summed E-state index contributed by atoms with van der Waals surface area (Å²) >= 11 is 1.61. The maximum absolute atomic E-state index is 12.4. The number of rotatable bonds is 3. The highest BCUT2D eigenvalue weighted by Crippen LogP contribution is 2.19. The van der Waals surface area contributed by atoms with E-state index < -0.39 is 15.3 Å². The van der Waals surface area contributed by atoms with Crippen molar-refractivity contribution >= 4 is 27.7 Å². The number of hydrogen-bond donors (Lipinski definition) is 1. The molecule has 5 nitrogen and oxygen atoms in total. The number of sulfonamides is 1. The fourth-order valence-electron chi connectivity index (χ4n) is 2.31. The van der Waals surface area contributed by atoms with Crippen LogP contribution in [0.5, 0.6) is 0 Å². The number of piperidine rings is 1. The van der Waals surface area contributed by atoms with Crippen LogP contribution in [0.4, 0.5) is 0 Å².